The first kappa shape index (κ1) is 17.0. The second kappa shape index (κ2) is 7.03. The van der Waals surface area contributed by atoms with E-state index in [2.05, 4.69) is 38.0 Å². The van der Waals surface area contributed by atoms with E-state index in [4.69, 9.17) is 0 Å². The molecular weight excluding hydrogens is 326 g/mol. The smallest absolute Gasteiger partial charge is 0.241 e. The molecule has 6 heteroatoms. The summed E-state index contributed by atoms with van der Waals surface area (Å²) < 4.78 is 0. The van der Waals surface area contributed by atoms with Crippen molar-refractivity contribution in [1.82, 2.24) is 14.9 Å². The second-order valence-corrected chi connectivity index (χ2v) is 7.27. The molecule has 1 saturated heterocycles. The van der Waals surface area contributed by atoms with Crippen molar-refractivity contribution in [3.8, 4) is 0 Å². The van der Waals surface area contributed by atoms with Crippen LogP contribution in [0.5, 0.6) is 0 Å². The molecule has 1 aromatic carbocycles. The zero-order chi connectivity index (χ0) is 18.1. The van der Waals surface area contributed by atoms with E-state index in [1.807, 2.05) is 31.0 Å². The predicted octanol–water partition coefficient (Wildman–Crippen LogP) is 1.88. The third-order valence-electron chi connectivity index (χ3n) is 5.39. The van der Waals surface area contributed by atoms with E-state index < -0.39 is 0 Å². The van der Waals surface area contributed by atoms with E-state index >= 15 is 0 Å². The number of hydrogen-bond donors (Lipinski definition) is 0. The Morgan fingerprint density at radius 3 is 2.88 bits per heavy atom. The Kier molecular flexibility index (Phi) is 4.59. The maximum absolute atomic E-state index is 12.9. The van der Waals surface area contributed by atoms with Crippen molar-refractivity contribution in [2.45, 2.75) is 25.8 Å². The van der Waals surface area contributed by atoms with Crippen molar-refractivity contribution in [3.05, 3.63) is 47.9 Å². The molecule has 2 aliphatic heterocycles. The number of carbonyl (C=O) groups excluding carboxylic acids is 1. The van der Waals surface area contributed by atoms with E-state index in [1.165, 1.54) is 5.56 Å². The lowest BCUT2D eigenvalue weighted by Crippen LogP contribution is -2.60. The van der Waals surface area contributed by atoms with Gasteiger partial charge < -0.3 is 9.80 Å². The van der Waals surface area contributed by atoms with Crippen LogP contribution in [0.3, 0.4) is 0 Å². The molecule has 0 N–H and O–H groups in total. The van der Waals surface area contributed by atoms with Crippen molar-refractivity contribution in [2.75, 3.05) is 43.0 Å². The van der Waals surface area contributed by atoms with E-state index in [9.17, 15) is 4.79 Å². The molecule has 3 heterocycles. The molecule has 0 unspecified atom stereocenters. The number of carbonyl (C=O) groups is 1. The number of aromatic nitrogens is 2. The number of aryl methyl sites for hydroxylation is 2. The topological polar surface area (TPSA) is 52.6 Å². The van der Waals surface area contributed by atoms with Crippen LogP contribution in [-0.4, -0.2) is 60.0 Å². The predicted molar refractivity (Wildman–Crippen MR) is 103 cm³/mol. The average molecular weight is 351 g/mol. The monoisotopic (exact) mass is 351 g/mol. The average Bonchev–Trinajstić information content (AvgIpc) is 2.60. The normalized spacial score (nSPS) is 17.2. The molecule has 6 nitrogen and oxygen atoms in total. The van der Waals surface area contributed by atoms with Crippen LogP contribution in [0.1, 0.15) is 17.7 Å². The minimum Gasteiger partial charge on any atom is -0.353 e. The van der Waals surface area contributed by atoms with Gasteiger partial charge in [-0.15, -0.1) is 0 Å². The molecule has 0 saturated carbocycles. The molecule has 0 bridgehead atoms. The highest BCUT2D eigenvalue weighted by molar-refractivity contribution is 5.96. The molecule has 2 aliphatic rings. The van der Waals surface area contributed by atoms with E-state index in [1.54, 1.807) is 6.33 Å². The molecule has 0 atom stereocenters. The van der Waals surface area contributed by atoms with Gasteiger partial charge in [-0.2, -0.15) is 0 Å². The molecule has 0 radical (unpaired) electrons. The number of rotatable bonds is 4. The SMILES string of the molecule is Cc1cc(N2CC(N(C)CC(=O)N3CCCc4ccccc43)C2)ncn1. The Balaban J connectivity index is 1.35. The fourth-order valence-electron chi connectivity index (χ4n) is 3.76. The first-order chi connectivity index (χ1) is 12.6. The van der Waals surface area contributed by atoms with Gasteiger partial charge in [-0.1, -0.05) is 18.2 Å². The van der Waals surface area contributed by atoms with Crippen LogP contribution >= 0.6 is 0 Å². The highest BCUT2D eigenvalue weighted by Crippen LogP contribution is 2.27. The molecule has 136 valence electrons. The van der Waals surface area contributed by atoms with Gasteiger partial charge in [0.1, 0.15) is 12.1 Å². The maximum Gasteiger partial charge on any atom is 0.241 e. The van der Waals surface area contributed by atoms with Crippen molar-refractivity contribution >= 4 is 17.4 Å². The third kappa shape index (κ3) is 3.29. The summed E-state index contributed by atoms with van der Waals surface area (Å²) in [7, 11) is 2.04. The van der Waals surface area contributed by atoms with Gasteiger partial charge in [-0.05, 0) is 38.4 Å². The largest absolute Gasteiger partial charge is 0.353 e. The Bertz CT molecular complexity index is 802. The maximum atomic E-state index is 12.9. The van der Waals surface area contributed by atoms with Crippen molar-refractivity contribution < 1.29 is 4.79 Å². The van der Waals surface area contributed by atoms with Gasteiger partial charge in [0, 0.05) is 43.1 Å². The van der Waals surface area contributed by atoms with E-state index in [-0.39, 0.29) is 5.91 Å². The zero-order valence-electron chi connectivity index (χ0n) is 15.4. The van der Waals surface area contributed by atoms with Crippen molar-refractivity contribution in [3.63, 3.8) is 0 Å². The molecular formula is C20H25N5O. The van der Waals surface area contributed by atoms with Crippen LogP contribution in [0.15, 0.2) is 36.7 Å². The van der Waals surface area contributed by atoms with Crippen LogP contribution in [0, 0.1) is 6.92 Å². The van der Waals surface area contributed by atoms with Crippen LogP contribution < -0.4 is 9.80 Å². The molecule has 26 heavy (non-hydrogen) atoms. The van der Waals surface area contributed by atoms with E-state index in [0.29, 0.717) is 12.6 Å². The van der Waals surface area contributed by atoms with Crippen LogP contribution in [0.2, 0.25) is 0 Å². The number of benzene rings is 1. The van der Waals surface area contributed by atoms with Crippen LogP contribution in [0.4, 0.5) is 11.5 Å². The number of amides is 1. The van der Waals surface area contributed by atoms with Gasteiger partial charge in [0.15, 0.2) is 0 Å². The molecule has 2 aromatic rings. The molecule has 1 amide bonds. The number of para-hydroxylation sites is 1. The number of anilines is 2. The summed E-state index contributed by atoms with van der Waals surface area (Å²) in [6.45, 7) is 5.05. The summed E-state index contributed by atoms with van der Waals surface area (Å²) in [5, 5.41) is 0. The Morgan fingerprint density at radius 1 is 1.27 bits per heavy atom. The Labute approximate surface area is 154 Å². The number of fused-ring (bicyclic) bond motifs is 1. The third-order valence-corrected chi connectivity index (χ3v) is 5.39. The number of nitrogens with zero attached hydrogens (tertiary/aromatic N) is 5. The summed E-state index contributed by atoms with van der Waals surface area (Å²) in [5.41, 5.74) is 3.35. The standard InChI is InChI=1S/C20H25N5O/c1-15-10-19(22-14-21-15)24-11-17(12-24)23(2)13-20(26)25-9-5-7-16-6-3-4-8-18(16)25/h3-4,6,8,10,14,17H,5,7,9,11-13H2,1-2H3. The highest BCUT2D eigenvalue weighted by Gasteiger charge is 2.33. The van der Waals surface area contributed by atoms with Gasteiger partial charge in [-0.3, -0.25) is 9.69 Å². The fourth-order valence-corrected chi connectivity index (χ4v) is 3.76. The van der Waals surface area contributed by atoms with E-state index in [0.717, 1.165) is 49.7 Å². The lowest BCUT2D eigenvalue weighted by atomic mass is 10.0. The zero-order valence-corrected chi connectivity index (χ0v) is 15.4. The molecule has 1 fully saturated rings. The summed E-state index contributed by atoms with van der Waals surface area (Å²) in [4.78, 5) is 27.7. The summed E-state index contributed by atoms with van der Waals surface area (Å²) >= 11 is 0. The lowest BCUT2D eigenvalue weighted by molar-refractivity contribution is -0.120. The van der Waals surface area contributed by atoms with Gasteiger partial charge in [0.2, 0.25) is 5.91 Å². The summed E-state index contributed by atoms with van der Waals surface area (Å²) in [6.07, 6.45) is 3.71. The van der Waals surface area contributed by atoms with Gasteiger partial charge >= 0.3 is 0 Å². The van der Waals surface area contributed by atoms with Crippen LogP contribution in [-0.2, 0) is 11.2 Å². The number of hydrogen-bond acceptors (Lipinski definition) is 5. The summed E-state index contributed by atoms with van der Waals surface area (Å²) in [5.74, 6) is 1.16. The molecule has 0 spiro atoms. The van der Waals surface area contributed by atoms with Crippen LogP contribution in [0.25, 0.3) is 0 Å². The van der Waals surface area contributed by atoms with Crippen molar-refractivity contribution in [2.24, 2.45) is 0 Å². The molecule has 4 rings (SSSR count). The molecule has 0 aliphatic carbocycles. The first-order valence-corrected chi connectivity index (χ1v) is 9.24. The number of likely N-dealkylation sites (N-methyl/N-ethyl adjacent to an activating group) is 1. The van der Waals surface area contributed by atoms with Gasteiger partial charge in [0.05, 0.1) is 6.54 Å². The van der Waals surface area contributed by atoms with Gasteiger partial charge in [-0.25, -0.2) is 9.97 Å². The quantitative estimate of drug-likeness (QED) is 0.842. The second-order valence-electron chi connectivity index (χ2n) is 7.27. The highest BCUT2D eigenvalue weighted by atomic mass is 16.2. The Hall–Kier alpha value is -2.47. The fraction of sp³-hybridized carbons (Fsp3) is 0.450. The molecule has 1 aromatic heterocycles. The van der Waals surface area contributed by atoms with Crippen molar-refractivity contribution in [1.29, 1.82) is 0 Å². The Morgan fingerprint density at radius 2 is 2.08 bits per heavy atom. The van der Waals surface area contributed by atoms with Gasteiger partial charge in [0.25, 0.3) is 0 Å². The summed E-state index contributed by atoms with van der Waals surface area (Å²) in [6, 6.07) is 10.7. The first-order valence-electron chi connectivity index (χ1n) is 9.24. The lowest BCUT2D eigenvalue weighted by Gasteiger charge is -2.45. The minimum atomic E-state index is 0.191. The minimum absolute atomic E-state index is 0.191.